The summed E-state index contributed by atoms with van der Waals surface area (Å²) in [4.78, 5) is 32.1. The van der Waals surface area contributed by atoms with Crippen molar-refractivity contribution in [2.45, 2.75) is 19.9 Å². The van der Waals surface area contributed by atoms with Crippen molar-refractivity contribution in [3.8, 4) is 11.5 Å². The molecule has 0 amide bonds. The Labute approximate surface area is 196 Å². The number of rotatable bonds is 5. The van der Waals surface area contributed by atoms with Crippen molar-refractivity contribution < 1.29 is 19.4 Å². The molecular weight excluding hydrogens is 472 g/mol. The third kappa shape index (κ3) is 3.87. The Bertz CT molecular complexity index is 1400. The van der Waals surface area contributed by atoms with Crippen molar-refractivity contribution in [3.05, 3.63) is 76.1 Å². The number of phenols is 1. The molecule has 0 saturated heterocycles. The average Bonchev–Trinajstić information content (AvgIpc) is 3.38. The van der Waals surface area contributed by atoms with Gasteiger partial charge in [-0.2, -0.15) is 0 Å². The van der Waals surface area contributed by atoms with E-state index in [1.54, 1.807) is 32.1 Å². The fourth-order valence-electron chi connectivity index (χ4n) is 3.49. The Balaban J connectivity index is 1.93. The topological polar surface area (TPSA) is 90.1 Å². The smallest absolute Gasteiger partial charge is 0.338 e. The number of carbonyl (C=O) groups excluding carboxylic acids is 1. The van der Waals surface area contributed by atoms with Crippen molar-refractivity contribution >= 4 is 46.3 Å². The Morgan fingerprint density at radius 3 is 2.84 bits per heavy atom. The van der Waals surface area contributed by atoms with Crippen LogP contribution < -0.4 is 19.6 Å². The Hall–Kier alpha value is -2.88. The van der Waals surface area contributed by atoms with E-state index in [-0.39, 0.29) is 28.7 Å². The summed E-state index contributed by atoms with van der Waals surface area (Å²) in [5.74, 6) is -0.454. The number of allylic oxidation sites excluding steroid dienone is 1. The molecule has 4 rings (SSSR count). The molecule has 2 aromatic heterocycles. The molecule has 0 aliphatic carbocycles. The summed E-state index contributed by atoms with van der Waals surface area (Å²) in [7, 11) is 1.42. The molecule has 0 radical (unpaired) electrons. The molecule has 1 N–H and O–H groups in total. The number of ether oxygens (including phenoxy) is 2. The second-order valence-electron chi connectivity index (χ2n) is 6.87. The van der Waals surface area contributed by atoms with Crippen LogP contribution in [0, 0.1) is 0 Å². The van der Waals surface area contributed by atoms with Crippen LogP contribution in [0.2, 0.25) is 5.02 Å². The van der Waals surface area contributed by atoms with E-state index in [4.69, 9.17) is 21.1 Å². The number of aromatic nitrogens is 1. The lowest BCUT2D eigenvalue weighted by atomic mass is 10.0. The molecule has 0 fully saturated rings. The van der Waals surface area contributed by atoms with E-state index >= 15 is 0 Å². The predicted octanol–water partition coefficient (Wildman–Crippen LogP) is 3.23. The van der Waals surface area contributed by atoms with Gasteiger partial charge in [-0.1, -0.05) is 29.0 Å². The standard InChI is InChI=1S/C22H19ClN2O5S2/c1-4-30-21(28)17-11(2)24-22-25(18(17)15-6-5-7-31-15)20(27)16(32-22)10-12-8-13(23)19(26)14(9-12)29-3/h5-10,18,26H,4H2,1-3H3/b16-10-/t18-/m1/s1. The van der Waals surface area contributed by atoms with Gasteiger partial charge in [0, 0.05) is 4.88 Å². The molecule has 0 bridgehead atoms. The van der Waals surface area contributed by atoms with E-state index in [1.807, 2.05) is 17.5 Å². The van der Waals surface area contributed by atoms with Crippen LogP contribution in [0.15, 0.2) is 50.7 Å². The zero-order chi connectivity index (χ0) is 23.0. The van der Waals surface area contributed by atoms with Crippen LogP contribution in [0.1, 0.15) is 30.3 Å². The largest absolute Gasteiger partial charge is 0.503 e. The van der Waals surface area contributed by atoms with Gasteiger partial charge in [0.1, 0.15) is 6.04 Å². The summed E-state index contributed by atoms with van der Waals surface area (Å²) >= 11 is 8.76. The molecule has 0 spiro atoms. The van der Waals surface area contributed by atoms with Crippen molar-refractivity contribution in [1.29, 1.82) is 0 Å². The van der Waals surface area contributed by atoms with Crippen molar-refractivity contribution in [1.82, 2.24) is 4.57 Å². The number of halogens is 1. The van der Waals surface area contributed by atoms with Gasteiger partial charge in [0.25, 0.3) is 5.56 Å². The molecule has 1 atom stereocenters. The predicted molar refractivity (Wildman–Crippen MR) is 124 cm³/mol. The van der Waals surface area contributed by atoms with E-state index in [0.717, 1.165) is 4.88 Å². The number of phenolic OH excluding ortho intramolecular Hbond substituents is 1. The number of nitrogens with zero attached hydrogens (tertiary/aromatic N) is 2. The molecule has 1 aromatic carbocycles. The van der Waals surface area contributed by atoms with Crippen LogP contribution in [0.25, 0.3) is 6.08 Å². The van der Waals surface area contributed by atoms with E-state index in [2.05, 4.69) is 4.99 Å². The maximum absolute atomic E-state index is 13.5. The number of hydrogen-bond donors (Lipinski definition) is 1. The van der Waals surface area contributed by atoms with Gasteiger partial charge in [-0.25, -0.2) is 9.79 Å². The van der Waals surface area contributed by atoms with Gasteiger partial charge in [0.15, 0.2) is 16.3 Å². The van der Waals surface area contributed by atoms with Gasteiger partial charge in [0.05, 0.1) is 34.5 Å². The highest BCUT2D eigenvalue weighted by Crippen LogP contribution is 2.35. The van der Waals surface area contributed by atoms with Gasteiger partial charge in [-0.05, 0) is 49.1 Å². The first-order chi connectivity index (χ1) is 15.3. The number of thiazole rings is 1. The number of esters is 1. The van der Waals surface area contributed by atoms with Gasteiger partial charge in [-0.15, -0.1) is 11.3 Å². The Morgan fingerprint density at radius 1 is 1.41 bits per heavy atom. The monoisotopic (exact) mass is 490 g/mol. The van der Waals surface area contributed by atoms with Crippen molar-refractivity contribution in [2.75, 3.05) is 13.7 Å². The molecule has 3 heterocycles. The van der Waals surface area contributed by atoms with Gasteiger partial charge in [-0.3, -0.25) is 9.36 Å². The van der Waals surface area contributed by atoms with E-state index in [1.165, 1.54) is 34.4 Å². The number of carbonyl (C=O) groups is 1. The quantitative estimate of drug-likeness (QED) is 0.554. The average molecular weight is 491 g/mol. The number of aromatic hydroxyl groups is 1. The lowest BCUT2D eigenvalue weighted by molar-refractivity contribution is -0.139. The first-order valence-corrected chi connectivity index (χ1v) is 11.7. The fourth-order valence-corrected chi connectivity index (χ4v) is 5.58. The lowest BCUT2D eigenvalue weighted by Gasteiger charge is -2.23. The summed E-state index contributed by atoms with van der Waals surface area (Å²) < 4.78 is 12.4. The van der Waals surface area contributed by atoms with Crippen LogP contribution in [0.4, 0.5) is 0 Å². The molecule has 1 aliphatic heterocycles. The molecular formula is C22H19ClN2O5S2. The van der Waals surface area contributed by atoms with Gasteiger partial charge >= 0.3 is 5.97 Å². The second kappa shape index (κ2) is 8.93. The Kier molecular flexibility index (Phi) is 6.23. The fraction of sp³-hybridized carbons (Fsp3) is 0.227. The van der Waals surface area contributed by atoms with E-state index in [9.17, 15) is 14.7 Å². The molecule has 1 aliphatic rings. The SMILES string of the molecule is CCOC(=O)C1=C(C)N=c2s/c(=C\c3cc(Cl)c(O)c(OC)c3)c(=O)n2[C@@H]1c1cccs1. The van der Waals surface area contributed by atoms with Crippen molar-refractivity contribution in [3.63, 3.8) is 0 Å². The normalized spacial score (nSPS) is 16.0. The molecule has 0 saturated carbocycles. The molecule has 0 unspecified atom stereocenters. The van der Waals surface area contributed by atoms with E-state index in [0.29, 0.717) is 26.2 Å². The molecule has 32 heavy (non-hydrogen) atoms. The van der Waals surface area contributed by atoms with Crippen LogP contribution >= 0.6 is 34.3 Å². The number of fused-ring (bicyclic) bond motifs is 1. The highest BCUT2D eigenvalue weighted by Gasteiger charge is 2.33. The number of methoxy groups -OCH3 is 1. The minimum Gasteiger partial charge on any atom is -0.503 e. The van der Waals surface area contributed by atoms with Crippen LogP contribution in [-0.2, 0) is 9.53 Å². The first-order valence-electron chi connectivity index (χ1n) is 9.65. The summed E-state index contributed by atoms with van der Waals surface area (Å²) in [5, 5.41) is 12.0. The summed E-state index contributed by atoms with van der Waals surface area (Å²) in [6, 6.07) is 6.27. The Morgan fingerprint density at radius 2 is 2.19 bits per heavy atom. The van der Waals surface area contributed by atoms with E-state index < -0.39 is 12.0 Å². The third-order valence-electron chi connectivity index (χ3n) is 4.90. The van der Waals surface area contributed by atoms with Gasteiger partial charge in [0.2, 0.25) is 0 Å². The van der Waals surface area contributed by atoms with Crippen LogP contribution in [0.5, 0.6) is 11.5 Å². The van der Waals surface area contributed by atoms with Crippen molar-refractivity contribution in [2.24, 2.45) is 4.99 Å². The minimum absolute atomic E-state index is 0.111. The van der Waals surface area contributed by atoms with Crippen LogP contribution in [0.3, 0.4) is 0 Å². The third-order valence-corrected chi connectivity index (χ3v) is 7.09. The zero-order valence-electron chi connectivity index (χ0n) is 17.4. The maximum atomic E-state index is 13.5. The highest BCUT2D eigenvalue weighted by atomic mass is 35.5. The summed E-state index contributed by atoms with van der Waals surface area (Å²) in [6.45, 7) is 3.70. The molecule has 3 aromatic rings. The molecule has 10 heteroatoms. The highest BCUT2D eigenvalue weighted by molar-refractivity contribution is 7.10. The first kappa shape index (κ1) is 22.3. The lowest BCUT2D eigenvalue weighted by Crippen LogP contribution is -2.39. The minimum atomic E-state index is -0.620. The van der Waals surface area contributed by atoms with Crippen LogP contribution in [-0.4, -0.2) is 29.4 Å². The number of thiophene rings is 1. The summed E-state index contributed by atoms with van der Waals surface area (Å²) in [5.41, 5.74) is 1.17. The molecule has 166 valence electrons. The number of hydrogen-bond acceptors (Lipinski definition) is 8. The zero-order valence-corrected chi connectivity index (χ0v) is 19.8. The molecule has 7 nitrogen and oxygen atoms in total. The maximum Gasteiger partial charge on any atom is 0.338 e. The number of benzene rings is 1. The second-order valence-corrected chi connectivity index (χ2v) is 9.27. The summed E-state index contributed by atoms with van der Waals surface area (Å²) in [6.07, 6.45) is 1.66. The van der Waals surface area contributed by atoms with Gasteiger partial charge < -0.3 is 14.6 Å².